The Morgan fingerprint density at radius 3 is 2.41 bits per heavy atom. The number of ether oxygens (including phenoxy) is 1. The molecule has 0 radical (unpaired) electrons. The van der Waals surface area contributed by atoms with Crippen LogP contribution in [0.25, 0.3) is 10.8 Å². The zero-order valence-corrected chi connectivity index (χ0v) is 17.5. The van der Waals surface area contributed by atoms with Crippen LogP contribution in [0, 0.1) is 0 Å². The van der Waals surface area contributed by atoms with Crippen LogP contribution in [0.15, 0.2) is 60.7 Å². The average Bonchev–Trinajstić information content (AvgIpc) is 2.73. The molecule has 2 N–H and O–H groups in total. The largest absolute Gasteiger partial charge is 0.492 e. The summed E-state index contributed by atoms with van der Waals surface area (Å²) < 4.78 is 44.7. The van der Waals surface area contributed by atoms with Crippen molar-refractivity contribution in [2.75, 3.05) is 6.61 Å². The van der Waals surface area contributed by atoms with Gasteiger partial charge in [-0.15, -0.1) is 0 Å². The van der Waals surface area contributed by atoms with Gasteiger partial charge < -0.3 is 15.2 Å². The number of carboxylic acids is 1. The molecule has 0 aliphatic heterocycles. The lowest BCUT2D eigenvalue weighted by atomic mass is 10.0. The molecule has 3 rings (SSSR count). The van der Waals surface area contributed by atoms with Gasteiger partial charge in [0.2, 0.25) is 0 Å². The molecule has 0 spiro atoms. The SMILES string of the molecule is CC(C)(NC(=O)c1ccc2ccccc2c1OCCc1cccc(C(F)(F)F)c1)C(=O)O. The van der Waals surface area contributed by atoms with Crippen molar-refractivity contribution < 1.29 is 32.6 Å². The van der Waals surface area contributed by atoms with Crippen molar-refractivity contribution in [3.05, 3.63) is 77.4 Å². The first-order valence-electron chi connectivity index (χ1n) is 9.85. The first kappa shape index (κ1) is 23.1. The molecule has 168 valence electrons. The first-order valence-corrected chi connectivity index (χ1v) is 9.85. The Labute approximate surface area is 182 Å². The molecule has 0 atom stereocenters. The monoisotopic (exact) mass is 445 g/mol. The van der Waals surface area contributed by atoms with Gasteiger partial charge in [-0.2, -0.15) is 13.2 Å². The van der Waals surface area contributed by atoms with Crippen molar-refractivity contribution in [2.24, 2.45) is 0 Å². The number of hydrogen-bond donors (Lipinski definition) is 2. The molecule has 3 aromatic rings. The van der Waals surface area contributed by atoms with Gasteiger partial charge in [0, 0.05) is 11.8 Å². The zero-order valence-electron chi connectivity index (χ0n) is 17.5. The molecular weight excluding hydrogens is 423 g/mol. The summed E-state index contributed by atoms with van der Waals surface area (Å²) in [6.45, 7) is 2.75. The van der Waals surface area contributed by atoms with Gasteiger partial charge in [0.05, 0.1) is 17.7 Å². The third-order valence-corrected chi connectivity index (χ3v) is 4.98. The van der Waals surface area contributed by atoms with E-state index in [1.54, 1.807) is 24.3 Å². The molecule has 3 aromatic carbocycles. The summed E-state index contributed by atoms with van der Waals surface area (Å²) in [7, 11) is 0. The van der Waals surface area contributed by atoms with E-state index >= 15 is 0 Å². The Morgan fingerprint density at radius 2 is 1.72 bits per heavy atom. The summed E-state index contributed by atoms with van der Waals surface area (Å²) in [6.07, 6.45) is -4.25. The van der Waals surface area contributed by atoms with Crippen LogP contribution in [0.5, 0.6) is 5.75 Å². The number of rotatable bonds is 7. The van der Waals surface area contributed by atoms with Gasteiger partial charge in [0.1, 0.15) is 11.3 Å². The van der Waals surface area contributed by atoms with E-state index in [-0.39, 0.29) is 24.3 Å². The van der Waals surface area contributed by atoms with Gasteiger partial charge in [-0.1, -0.05) is 48.5 Å². The van der Waals surface area contributed by atoms with E-state index in [1.807, 2.05) is 12.1 Å². The molecule has 0 saturated heterocycles. The Bertz CT molecular complexity index is 1160. The second-order valence-corrected chi connectivity index (χ2v) is 7.84. The van der Waals surface area contributed by atoms with Crippen LogP contribution in [0.2, 0.25) is 0 Å². The molecule has 8 heteroatoms. The van der Waals surface area contributed by atoms with E-state index in [0.717, 1.165) is 17.5 Å². The fourth-order valence-electron chi connectivity index (χ4n) is 3.16. The number of alkyl halides is 3. The summed E-state index contributed by atoms with van der Waals surface area (Å²) >= 11 is 0. The van der Waals surface area contributed by atoms with Crippen LogP contribution in [-0.2, 0) is 17.4 Å². The molecule has 0 aliphatic carbocycles. The topological polar surface area (TPSA) is 75.6 Å². The van der Waals surface area contributed by atoms with Gasteiger partial charge in [-0.3, -0.25) is 4.79 Å². The molecule has 0 aliphatic rings. The van der Waals surface area contributed by atoms with Gasteiger partial charge in [-0.25, -0.2) is 4.79 Å². The van der Waals surface area contributed by atoms with Gasteiger partial charge in [0.15, 0.2) is 0 Å². The van der Waals surface area contributed by atoms with E-state index in [4.69, 9.17) is 4.74 Å². The number of nitrogens with one attached hydrogen (secondary N) is 1. The van der Waals surface area contributed by atoms with Crippen molar-refractivity contribution in [3.8, 4) is 5.75 Å². The fraction of sp³-hybridized carbons (Fsp3) is 0.250. The number of benzene rings is 3. The third-order valence-electron chi connectivity index (χ3n) is 4.98. The minimum absolute atomic E-state index is 0.0257. The maximum Gasteiger partial charge on any atom is 0.416 e. The van der Waals surface area contributed by atoms with Crippen LogP contribution < -0.4 is 10.1 Å². The summed E-state index contributed by atoms with van der Waals surface area (Å²) in [5.41, 5.74) is -1.66. The standard InChI is InChI=1S/C24H22F3NO4/c1-23(2,22(30)31)28-21(29)19-11-10-16-7-3-4-9-18(16)20(19)32-13-12-15-6-5-8-17(14-15)24(25,26)27/h3-11,14H,12-13H2,1-2H3,(H,28,29)(H,30,31). The Balaban J connectivity index is 1.87. The number of hydrogen-bond acceptors (Lipinski definition) is 3. The van der Waals surface area contributed by atoms with Crippen molar-refractivity contribution >= 4 is 22.6 Å². The van der Waals surface area contributed by atoms with Gasteiger partial charge >= 0.3 is 12.1 Å². The fourth-order valence-corrected chi connectivity index (χ4v) is 3.16. The van der Waals surface area contributed by atoms with E-state index in [1.165, 1.54) is 26.0 Å². The Morgan fingerprint density at radius 1 is 1.00 bits per heavy atom. The maximum atomic E-state index is 12.9. The molecule has 0 bridgehead atoms. The van der Waals surface area contributed by atoms with Crippen LogP contribution in [0.4, 0.5) is 13.2 Å². The van der Waals surface area contributed by atoms with Crippen molar-refractivity contribution in [1.29, 1.82) is 0 Å². The van der Waals surface area contributed by atoms with Gasteiger partial charge in [0.25, 0.3) is 5.91 Å². The minimum atomic E-state index is -4.44. The number of halogens is 3. The highest BCUT2D eigenvalue weighted by molar-refractivity contribution is 6.05. The van der Waals surface area contributed by atoms with Crippen molar-refractivity contribution in [1.82, 2.24) is 5.32 Å². The molecule has 0 unspecified atom stereocenters. The van der Waals surface area contributed by atoms with Crippen molar-refractivity contribution in [3.63, 3.8) is 0 Å². The third kappa shape index (κ3) is 5.19. The predicted octanol–water partition coefficient (Wildman–Crippen LogP) is 5.07. The molecule has 0 heterocycles. The molecular formula is C24H22F3NO4. The highest BCUT2D eigenvalue weighted by Gasteiger charge is 2.31. The normalized spacial score (nSPS) is 11.9. The number of carboxylic acid groups (broad SMARTS) is 1. The first-order chi connectivity index (χ1) is 15.0. The molecule has 0 saturated carbocycles. The smallest absolute Gasteiger partial charge is 0.416 e. The summed E-state index contributed by atoms with van der Waals surface area (Å²) in [5, 5.41) is 13.2. The molecule has 1 amide bonds. The van der Waals surface area contributed by atoms with E-state index in [2.05, 4.69) is 5.32 Å². The lowest BCUT2D eigenvalue weighted by Crippen LogP contribution is -2.49. The van der Waals surface area contributed by atoms with E-state index < -0.39 is 29.2 Å². The Hall–Kier alpha value is -3.55. The Kier molecular flexibility index (Phi) is 6.43. The van der Waals surface area contributed by atoms with E-state index in [9.17, 15) is 27.9 Å². The number of amides is 1. The lowest BCUT2D eigenvalue weighted by Gasteiger charge is -2.22. The number of fused-ring (bicyclic) bond motifs is 1. The quantitative estimate of drug-likeness (QED) is 0.532. The highest BCUT2D eigenvalue weighted by Crippen LogP contribution is 2.32. The molecule has 5 nitrogen and oxygen atoms in total. The average molecular weight is 445 g/mol. The lowest BCUT2D eigenvalue weighted by molar-refractivity contribution is -0.143. The van der Waals surface area contributed by atoms with Crippen LogP contribution in [-0.4, -0.2) is 29.1 Å². The molecule has 0 aromatic heterocycles. The van der Waals surface area contributed by atoms with Crippen molar-refractivity contribution in [2.45, 2.75) is 32.0 Å². The summed E-state index contributed by atoms with van der Waals surface area (Å²) in [4.78, 5) is 24.2. The van der Waals surface area contributed by atoms with Gasteiger partial charge in [-0.05, 0) is 36.9 Å². The summed E-state index contributed by atoms with van der Waals surface area (Å²) in [5.74, 6) is -1.58. The minimum Gasteiger partial charge on any atom is -0.492 e. The second kappa shape index (κ2) is 8.90. The van der Waals surface area contributed by atoms with Crippen LogP contribution in [0.1, 0.15) is 35.3 Å². The maximum absolute atomic E-state index is 12.9. The predicted molar refractivity (Wildman–Crippen MR) is 114 cm³/mol. The number of aliphatic carboxylic acids is 1. The zero-order chi connectivity index (χ0) is 23.5. The van der Waals surface area contributed by atoms with E-state index in [0.29, 0.717) is 10.9 Å². The summed E-state index contributed by atoms with van der Waals surface area (Å²) in [6, 6.07) is 15.4. The molecule has 0 fully saturated rings. The second-order valence-electron chi connectivity index (χ2n) is 7.84. The van der Waals surface area contributed by atoms with Crippen LogP contribution in [0.3, 0.4) is 0 Å². The molecule has 32 heavy (non-hydrogen) atoms. The number of carbonyl (C=O) groups is 2. The van der Waals surface area contributed by atoms with Crippen LogP contribution >= 0.6 is 0 Å². The highest BCUT2D eigenvalue weighted by atomic mass is 19.4. The number of carbonyl (C=O) groups excluding carboxylic acids is 1.